The summed E-state index contributed by atoms with van der Waals surface area (Å²) in [5.74, 6) is 1.38. The molecule has 1 aromatic carbocycles. The van der Waals surface area contributed by atoms with Gasteiger partial charge in [-0.2, -0.15) is 0 Å². The van der Waals surface area contributed by atoms with E-state index in [1.807, 2.05) is 0 Å². The Morgan fingerprint density at radius 1 is 1.21 bits per heavy atom. The molecule has 78 valence electrons. The van der Waals surface area contributed by atoms with E-state index >= 15 is 0 Å². The molecule has 1 rings (SSSR count). The molecule has 1 aromatic rings. The summed E-state index contributed by atoms with van der Waals surface area (Å²) in [6.07, 6.45) is 0. The lowest BCUT2D eigenvalue weighted by Crippen LogP contribution is -2.05. The van der Waals surface area contributed by atoms with Crippen LogP contribution >= 0.6 is 0 Å². The second-order valence-electron chi connectivity index (χ2n) is 2.75. The van der Waals surface area contributed by atoms with Gasteiger partial charge in [0.1, 0.15) is 18.1 Å². The van der Waals surface area contributed by atoms with E-state index in [1.165, 1.54) is 0 Å². The fourth-order valence-corrected chi connectivity index (χ4v) is 1.02. The van der Waals surface area contributed by atoms with Gasteiger partial charge in [0.15, 0.2) is 0 Å². The van der Waals surface area contributed by atoms with E-state index < -0.39 is 0 Å². The number of methoxy groups -OCH3 is 2. The Morgan fingerprint density at radius 3 is 2.57 bits per heavy atom. The number of anilines is 1. The Morgan fingerprint density at radius 2 is 2.00 bits per heavy atom. The molecule has 2 N–H and O–H groups in total. The van der Waals surface area contributed by atoms with Crippen molar-refractivity contribution < 1.29 is 14.2 Å². The van der Waals surface area contributed by atoms with Crippen molar-refractivity contribution in [2.24, 2.45) is 0 Å². The highest BCUT2D eigenvalue weighted by Gasteiger charge is 2.01. The lowest BCUT2D eigenvalue weighted by molar-refractivity contribution is 0.146. The fraction of sp³-hybridized carbons (Fsp3) is 0.400. The molecule has 0 fully saturated rings. The molecule has 0 saturated carbocycles. The Balaban J connectivity index is 2.59. The van der Waals surface area contributed by atoms with Crippen LogP contribution in [0, 0.1) is 0 Å². The molecule has 0 aliphatic carbocycles. The van der Waals surface area contributed by atoms with Crippen LogP contribution < -0.4 is 15.2 Å². The molecule has 4 nitrogen and oxygen atoms in total. The van der Waals surface area contributed by atoms with E-state index in [0.29, 0.717) is 24.7 Å². The summed E-state index contributed by atoms with van der Waals surface area (Å²) in [6, 6.07) is 5.31. The fourth-order valence-electron chi connectivity index (χ4n) is 1.02. The first-order valence-corrected chi connectivity index (χ1v) is 4.33. The number of hydrogen-bond acceptors (Lipinski definition) is 4. The van der Waals surface area contributed by atoms with Crippen LogP contribution in [0.5, 0.6) is 11.5 Å². The monoisotopic (exact) mass is 197 g/mol. The van der Waals surface area contributed by atoms with E-state index in [9.17, 15) is 0 Å². The Bertz CT molecular complexity index is 289. The van der Waals surface area contributed by atoms with Gasteiger partial charge in [0.2, 0.25) is 0 Å². The highest BCUT2D eigenvalue weighted by atomic mass is 16.5. The van der Waals surface area contributed by atoms with Crippen LogP contribution in [0.4, 0.5) is 5.69 Å². The minimum atomic E-state index is 0.493. The topological polar surface area (TPSA) is 53.7 Å². The number of rotatable bonds is 5. The van der Waals surface area contributed by atoms with Crippen LogP contribution in [0.25, 0.3) is 0 Å². The number of ether oxygens (including phenoxy) is 3. The Kier molecular flexibility index (Phi) is 4.07. The van der Waals surface area contributed by atoms with Crippen LogP contribution in [-0.2, 0) is 4.74 Å². The molecular weight excluding hydrogens is 182 g/mol. The zero-order valence-electron chi connectivity index (χ0n) is 8.45. The lowest BCUT2D eigenvalue weighted by Gasteiger charge is -2.09. The first kappa shape index (κ1) is 10.7. The minimum Gasteiger partial charge on any atom is -0.497 e. The number of hydrogen-bond donors (Lipinski definition) is 1. The van der Waals surface area contributed by atoms with Crippen molar-refractivity contribution in [1.29, 1.82) is 0 Å². The smallest absolute Gasteiger partial charge is 0.142 e. The summed E-state index contributed by atoms with van der Waals surface area (Å²) in [6.45, 7) is 1.04. The molecule has 0 heterocycles. The van der Waals surface area contributed by atoms with E-state index in [4.69, 9.17) is 19.9 Å². The Hall–Kier alpha value is -1.42. The predicted octanol–water partition coefficient (Wildman–Crippen LogP) is 1.30. The standard InChI is InChI=1S/C10H15NO3/c1-12-5-6-14-10-4-3-8(13-2)7-9(10)11/h3-4,7H,5-6,11H2,1-2H3. The third kappa shape index (κ3) is 2.81. The van der Waals surface area contributed by atoms with Crippen molar-refractivity contribution >= 4 is 5.69 Å². The van der Waals surface area contributed by atoms with Crippen LogP contribution in [-0.4, -0.2) is 27.4 Å². The minimum absolute atomic E-state index is 0.493. The molecule has 0 aliphatic rings. The summed E-state index contributed by atoms with van der Waals surface area (Å²) in [5.41, 5.74) is 6.30. The summed E-state index contributed by atoms with van der Waals surface area (Å²) < 4.78 is 15.2. The zero-order valence-corrected chi connectivity index (χ0v) is 8.45. The molecule has 0 spiro atoms. The maximum absolute atomic E-state index is 5.73. The number of nitrogen functional groups attached to an aromatic ring is 1. The molecule has 0 saturated heterocycles. The summed E-state index contributed by atoms with van der Waals surface area (Å²) >= 11 is 0. The lowest BCUT2D eigenvalue weighted by atomic mass is 10.3. The van der Waals surface area contributed by atoms with Crippen molar-refractivity contribution in [3.63, 3.8) is 0 Å². The van der Waals surface area contributed by atoms with Crippen molar-refractivity contribution in [3.05, 3.63) is 18.2 Å². The van der Waals surface area contributed by atoms with Crippen molar-refractivity contribution in [2.75, 3.05) is 33.2 Å². The normalized spacial score (nSPS) is 9.86. The maximum Gasteiger partial charge on any atom is 0.142 e. The van der Waals surface area contributed by atoms with Crippen LogP contribution in [0.2, 0.25) is 0 Å². The van der Waals surface area contributed by atoms with Gasteiger partial charge in [0.25, 0.3) is 0 Å². The second kappa shape index (κ2) is 5.34. The van der Waals surface area contributed by atoms with Crippen molar-refractivity contribution in [1.82, 2.24) is 0 Å². The predicted molar refractivity (Wildman–Crippen MR) is 54.8 cm³/mol. The molecule has 0 aromatic heterocycles. The molecule has 4 heteroatoms. The van der Waals surface area contributed by atoms with Gasteiger partial charge in [0.05, 0.1) is 19.4 Å². The van der Waals surface area contributed by atoms with Gasteiger partial charge in [-0.05, 0) is 12.1 Å². The summed E-state index contributed by atoms with van der Waals surface area (Å²) in [4.78, 5) is 0. The molecular formula is C10H15NO3. The largest absolute Gasteiger partial charge is 0.497 e. The molecule has 0 unspecified atom stereocenters. The van der Waals surface area contributed by atoms with Gasteiger partial charge in [-0.1, -0.05) is 0 Å². The third-order valence-electron chi connectivity index (χ3n) is 1.76. The SMILES string of the molecule is COCCOc1ccc(OC)cc1N. The first-order valence-electron chi connectivity index (χ1n) is 4.33. The van der Waals surface area contributed by atoms with E-state index in [0.717, 1.165) is 5.75 Å². The summed E-state index contributed by atoms with van der Waals surface area (Å²) in [7, 11) is 3.22. The molecule has 0 aliphatic heterocycles. The maximum atomic E-state index is 5.73. The number of benzene rings is 1. The third-order valence-corrected chi connectivity index (χ3v) is 1.76. The average molecular weight is 197 g/mol. The van der Waals surface area contributed by atoms with E-state index in [-0.39, 0.29) is 0 Å². The van der Waals surface area contributed by atoms with E-state index in [1.54, 1.807) is 32.4 Å². The van der Waals surface area contributed by atoms with Gasteiger partial charge < -0.3 is 19.9 Å². The van der Waals surface area contributed by atoms with Gasteiger partial charge in [-0.15, -0.1) is 0 Å². The average Bonchev–Trinajstić information content (AvgIpc) is 2.20. The van der Waals surface area contributed by atoms with Crippen LogP contribution in [0.1, 0.15) is 0 Å². The molecule has 0 atom stereocenters. The van der Waals surface area contributed by atoms with Gasteiger partial charge in [-0.25, -0.2) is 0 Å². The zero-order chi connectivity index (χ0) is 10.4. The summed E-state index contributed by atoms with van der Waals surface area (Å²) in [5, 5.41) is 0. The highest BCUT2D eigenvalue weighted by molar-refractivity contribution is 5.56. The Labute approximate surface area is 83.6 Å². The second-order valence-corrected chi connectivity index (χ2v) is 2.75. The van der Waals surface area contributed by atoms with Gasteiger partial charge in [0, 0.05) is 13.2 Å². The quantitative estimate of drug-likeness (QED) is 0.571. The van der Waals surface area contributed by atoms with Gasteiger partial charge in [-0.3, -0.25) is 0 Å². The van der Waals surface area contributed by atoms with E-state index in [2.05, 4.69) is 0 Å². The van der Waals surface area contributed by atoms with Crippen LogP contribution in [0.15, 0.2) is 18.2 Å². The molecule has 0 radical (unpaired) electrons. The number of nitrogens with two attached hydrogens (primary N) is 1. The van der Waals surface area contributed by atoms with Crippen molar-refractivity contribution in [3.8, 4) is 11.5 Å². The molecule has 14 heavy (non-hydrogen) atoms. The molecule has 0 amide bonds. The first-order chi connectivity index (χ1) is 6.77. The van der Waals surface area contributed by atoms with Crippen molar-refractivity contribution in [2.45, 2.75) is 0 Å². The van der Waals surface area contributed by atoms with Crippen LogP contribution in [0.3, 0.4) is 0 Å². The molecule has 0 bridgehead atoms. The van der Waals surface area contributed by atoms with Gasteiger partial charge >= 0.3 is 0 Å². The highest BCUT2D eigenvalue weighted by Crippen LogP contribution is 2.25.